The van der Waals surface area contributed by atoms with Crippen molar-refractivity contribution in [1.82, 2.24) is 29.7 Å². The molecular formula is C31H29F6N7O6. The number of anilines is 1. The number of benzene rings is 1. The van der Waals surface area contributed by atoms with E-state index in [0.717, 1.165) is 0 Å². The molecule has 0 unspecified atom stereocenters. The van der Waals surface area contributed by atoms with Crippen LogP contribution < -0.4 is 32.9 Å². The van der Waals surface area contributed by atoms with E-state index in [1.807, 2.05) is 4.98 Å². The molecule has 0 bridgehead atoms. The molecule has 0 aliphatic carbocycles. The number of aromatic nitrogens is 4. The molecular weight excluding hydrogens is 680 g/mol. The van der Waals surface area contributed by atoms with Gasteiger partial charge in [-0.25, -0.2) is 9.59 Å². The first-order valence-corrected chi connectivity index (χ1v) is 14.2. The molecule has 2 aromatic heterocycles. The number of alkyl halides is 6. The fraction of sp³-hybridized carbons (Fsp3) is 0.323. The molecule has 1 aromatic carbocycles. The summed E-state index contributed by atoms with van der Waals surface area (Å²) in [6, 6.07) is 7.67. The van der Waals surface area contributed by atoms with E-state index in [9.17, 15) is 55.1 Å². The molecule has 19 heteroatoms. The first-order chi connectivity index (χ1) is 23.2. The molecule has 0 aliphatic heterocycles. The summed E-state index contributed by atoms with van der Waals surface area (Å²) in [5.74, 6) is 4.51. The van der Waals surface area contributed by atoms with Crippen molar-refractivity contribution in [2.45, 2.75) is 52.1 Å². The van der Waals surface area contributed by atoms with Gasteiger partial charge in [-0.15, -0.1) is 0 Å². The van der Waals surface area contributed by atoms with Gasteiger partial charge in [0.25, 0.3) is 11.5 Å². The van der Waals surface area contributed by atoms with Crippen molar-refractivity contribution < 1.29 is 40.7 Å². The standard InChI is InChI=1S/C19H17F3N4O3.C12H12F3N3O3/c1-12(2)26-11-14(9-6-10-23-17(28)19(20,21)22)15(25-18(26)29)24-16(27)13-7-4-3-5-8-13;1-7(2)18-6-8(9(19)17-11(18)21)4-3-5-16-10(20)12(13,14)15/h3-5,7-8,11-12H,10H2,1-2H3,(H,23,28)(H,24,25,27,29);6-7H,5H2,1-2H3,(H,16,20)(H,17,19,21). The second-order valence-electron chi connectivity index (χ2n) is 10.4. The number of halogens is 6. The van der Waals surface area contributed by atoms with Crippen LogP contribution in [-0.2, 0) is 9.59 Å². The Labute approximate surface area is 279 Å². The number of nitrogens with zero attached hydrogens (tertiary/aromatic N) is 3. The number of hydrogen-bond donors (Lipinski definition) is 4. The van der Waals surface area contributed by atoms with E-state index in [0.29, 0.717) is 5.56 Å². The fourth-order valence-corrected chi connectivity index (χ4v) is 3.48. The molecule has 0 saturated heterocycles. The first kappa shape index (κ1) is 40.1. The molecule has 0 atom stereocenters. The van der Waals surface area contributed by atoms with Gasteiger partial charge in [-0.1, -0.05) is 41.9 Å². The molecule has 0 spiro atoms. The van der Waals surface area contributed by atoms with Crippen molar-refractivity contribution in [2.24, 2.45) is 0 Å². The predicted molar refractivity (Wildman–Crippen MR) is 167 cm³/mol. The summed E-state index contributed by atoms with van der Waals surface area (Å²) in [4.78, 5) is 74.6. The average Bonchev–Trinajstić information content (AvgIpc) is 3.02. The van der Waals surface area contributed by atoms with Crippen LogP contribution in [0.5, 0.6) is 0 Å². The molecule has 0 fully saturated rings. The summed E-state index contributed by atoms with van der Waals surface area (Å²) in [5.41, 5.74) is -1.62. The Balaban J connectivity index is 0.000000366. The fourth-order valence-electron chi connectivity index (χ4n) is 3.48. The number of aromatic amines is 1. The van der Waals surface area contributed by atoms with Gasteiger partial charge in [-0.3, -0.25) is 33.3 Å². The molecule has 4 N–H and O–H groups in total. The summed E-state index contributed by atoms with van der Waals surface area (Å²) < 4.78 is 74.8. The van der Waals surface area contributed by atoms with Crippen LogP contribution in [0.4, 0.5) is 32.2 Å². The van der Waals surface area contributed by atoms with Gasteiger partial charge in [0.1, 0.15) is 5.56 Å². The quantitative estimate of drug-likeness (QED) is 0.224. The molecule has 0 aliphatic rings. The number of nitrogens with one attached hydrogen (secondary N) is 4. The van der Waals surface area contributed by atoms with E-state index >= 15 is 0 Å². The van der Waals surface area contributed by atoms with Gasteiger partial charge >= 0.3 is 35.5 Å². The van der Waals surface area contributed by atoms with E-state index in [-0.39, 0.29) is 29.0 Å². The lowest BCUT2D eigenvalue weighted by molar-refractivity contribution is -0.173. The van der Waals surface area contributed by atoms with Gasteiger partial charge in [0.15, 0.2) is 5.82 Å². The highest BCUT2D eigenvalue weighted by Gasteiger charge is 2.38. The monoisotopic (exact) mass is 709 g/mol. The molecule has 266 valence electrons. The Morgan fingerprint density at radius 2 is 1.26 bits per heavy atom. The molecule has 3 amide bonds. The van der Waals surface area contributed by atoms with E-state index in [1.54, 1.807) is 68.7 Å². The van der Waals surface area contributed by atoms with E-state index in [4.69, 9.17) is 0 Å². The number of H-pyrrole nitrogens is 1. The Morgan fingerprint density at radius 1 is 0.780 bits per heavy atom. The van der Waals surface area contributed by atoms with E-state index in [2.05, 4.69) is 34.0 Å². The summed E-state index contributed by atoms with van der Waals surface area (Å²) >= 11 is 0. The number of hydrogen-bond acceptors (Lipinski definition) is 7. The van der Waals surface area contributed by atoms with Crippen LogP contribution in [0, 0.1) is 23.7 Å². The highest BCUT2D eigenvalue weighted by atomic mass is 19.4. The first-order valence-electron chi connectivity index (χ1n) is 14.2. The van der Waals surface area contributed by atoms with Gasteiger partial charge in [-0.05, 0) is 39.8 Å². The van der Waals surface area contributed by atoms with Gasteiger partial charge in [0.05, 0.1) is 18.7 Å². The minimum atomic E-state index is -5.01. The summed E-state index contributed by atoms with van der Waals surface area (Å²) in [6.45, 7) is 5.73. The summed E-state index contributed by atoms with van der Waals surface area (Å²) in [5, 5.41) is 5.63. The maximum atomic E-state index is 12.3. The van der Waals surface area contributed by atoms with Gasteiger partial charge in [-0.2, -0.15) is 31.3 Å². The molecule has 13 nitrogen and oxygen atoms in total. The summed E-state index contributed by atoms with van der Waals surface area (Å²) in [7, 11) is 0. The highest BCUT2D eigenvalue weighted by molar-refractivity contribution is 6.04. The van der Waals surface area contributed by atoms with Crippen LogP contribution >= 0.6 is 0 Å². The lowest BCUT2D eigenvalue weighted by Crippen LogP contribution is -2.36. The van der Waals surface area contributed by atoms with Crippen LogP contribution in [0.25, 0.3) is 0 Å². The van der Waals surface area contributed by atoms with Crippen LogP contribution in [0.15, 0.2) is 57.1 Å². The smallest absolute Gasteiger partial charge is 0.337 e. The molecule has 2 heterocycles. The minimum absolute atomic E-state index is 0.0791. The lowest BCUT2D eigenvalue weighted by Gasteiger charge is -2.12. The zero-order valence-corrected chi connectivity index (χ0v) is 26.7. The number of carbonyl (C=O) groups excluding carboxylic acids is 3. The van der Waals surface area contributed by atoms with Crippen molar-refractivity contribution in [3.8, 4) is 23.7 Å². The Kier molecular flexibility index (Phi) is 13.9. The van der Waals surface area contributed by atoms with Crippen molar-refractivity contribution in [1.29, 1.82) is 0 Å². The van der Waals surface area contributed by atoms with Crippen molar-refractivity contribution in [2.75, 3.05) is 18.4 Å². The predicted octanol–water partition coefficient (Wildman–Crippen LogP) is 2.25. The van der Waals surface area contributed by atoms with Crippen molar-refractivity contribution in [3.63, 3.8) is 0 Å². The second kappa shape index (κ2) is 17.3. The Hall–Kier alpha value is -6.11. The molecule has 0 saturated carbocycles. The zero-order valence-electron chi connectivity index (χ0n) is 26.7. The van der Waals surface area contributed by atoms with Crippen LogP contribution in [0.3, 0.4) is 0 Å². The third-order valence-corrected chi connectivity index (χ3v) is 5.94. The molecule has 0 radical (unpaired) electrons. The van der Waals surface area contributed by atoms with E-state index in [1.165, 1.54) is 21.5 Å². The lowest BCUT2D eigenvalue weighted by atomic mass is 10.2. The third kappa shape index (κ3) is 12.2. The highest BCUT2D eigenvalue weighted by Crippen LogP contribution is 2.15. The molecule has 3 aromatic rings. The van der Waals surface area contributed by atoms with Gasteiger partial charge in [0, 0.05) is 30.0 Å². The number of carbonyl (C=O) groups is 3. The Bertz CT molecular complexity index is 2010. The maximum absolute atomic E-state index is 12.3. The summed E-state index contributed by atoms with van der Waals surface area (Å²) in [6.07, 6.45) is -7.43. The molecule has 3 rings (SSSR count). The second-order valence-corrected chi connectivity index (χ2v) is 10.4. The SMILES string of the molecule is CC(C)n1cc(C#CCNC(=O)C(F)(F)F)c(=O)[nH]c1=O.CC(C)n1cc(C#CCNC(=O)C(F)(F)F)c(NC(=O)c2ccccc2)nc1=O. The van der Waals surface area contributed by atoms with Crippen LogP contribution in [-0.4, -0.2) is 62.3 Å². The van der Waals surface area contributed by atoms with Crippen molar-refractivity contribution >= 4 is 23.5 Å². The van der Waals surface area contributed by atoms with E-state index < -0.39 is 60.1 Å². The largest absolute Gasteiger partial charge is 0.471 e. The van der Waals surface area contributed by atoms with Gasteiger partial charge < -0.3 is 16.0 Å². The zero-order chi connectivity index (χ0) is 37.8. The average molecular weight is 710 g/mol. The van der Waals surface area contributed by atoms with Crippen LogP contribution in [0.2, 0.25) is 0 Å². The Morgan fingerprint density at radius 3 is 1.74 bits per heavy atom. The normalized spacial score (nSPS) is 10.9. The third-order valence-electron chi connectivity index (χ3n) is 5.94. The number of amides is 3. The molecule has 50 heavy (non-hydrogen) atoms. The maximum Gasteiger partial charge on any atom is 0.471 e. The van der Waals surface area contributed by atoms with Gasteiger partial charge in [0.2, 0.25) is 0 Å². The number of rotatable bonds is 6. The van der Waals surface area contributed by atoms with Crippen molar-refractivity contribution in [3.05, 3.63) is 90.7 Å². The van der Waals surface area contributed by atoms with Crippen LogP contribution in [0.1, 0.15) is 61.3 Å². The minimum Gasteiger partial charge on any atom is -0.337 e. The topological polar surface area (TPSA) is 177 Å².